The van der Waals surface area contributed by atoms with Crippen molar-refractivity contribution in [3.63, 3.8) is 0 Å². The molecule has 0 amide bonds. The van der Waals surface area contributed by atoms with Gasteiger partial charge in [-0.15, -0.1) is 0 Å². The quantitative estimate of drug-likeness (QED) is 0.0256. The number of hydrogen-bond acceptors (Lipinski definition) is 26. The number of halogens is 4. The Morgan fingerprint density at radius 1 is 0.262 bits per heavy atom. The zero-order valence-electron chi connectivity index (χ0n) is 73.3. The fourth-order valence-corrected chi connectivity index (χ4v) is 19.8. The van der Waals surface area contributed by atoms with Crippen molar-refractivity contribution in [2.75, 3.05) is 52.4 Å². The van der Waals surface area contributed by atoms with Crippen LogP contribution < -0.4 is 85.1 Å². The molecule has 38 heteroatoms. The van der Waals surface area contributed by atoms with Crippen LogP contribution in [0.5, 0.6) is 0 Å². The van der Waals surface area contributed by atoms with Gasteiger partial charge in [-0.05, 0) is 151 Å². The fraction of sp³-hybridized carbons (Fsp3) is 0.739. The average molecular weight is 2120 g/mol. The van der Waals surface area contributed by atoms with Crippen molar-refractivity contribution >= 4 is 100 Å². The number of isothiocyanates is 2. The molecule has 0 spiro atoms. The number of thiocarbonyl (C=S) groups is 2. The van der Waals surface area contributed by atoms with Crippen molar-refractivity contribution in [3.8, 4) is 10.8 Å². The topological polar surface area (TPSA) is 399 Å². The van der Waals surface area contributed by atoms with Crippen molar-refractivity contribution in [1.82, 2.24) is 105 Å². The molecular weight excluding hydrogens is 1960 g/mol. The van der Waals surface area contributed by atoms with Crippen LogP contribution in [-0.2, 0) is 138 Å². The maximum absolute atomic E-state index is 7.13. The molecule has 8 heterocycles. The van der Waals surface area contributed by atoms with Gasteiger partial charge in [0.15, 0.2) is 0 Å². The Labute approximate surface area is 856 Å². The standard InChI is InChI=1S/4C21H35N5.2CHNS.2CNS.4CH4.4ClH.4Mn.2H2O/c4*1-3-10-20-18(8-1)22-12-13-23-19-9-2-4-11-21(19)25-15-17-7-5-6-16(26-17)14-24-20;4*2-1-3;;;;;;;;;;;;;;/h4*5-7,18-25H,1-4,8-15H2;2*3H;;;4*1H4;4*1H;;;;;2*1H2/q;;;;;;2*-1;;;;;;;;;;;2*+2;;/p-6/t4*18-,19-,20-,21-;;;;;;;;;;;;;;;;;;/m1100................../s1. The van der Waals surface area contributed by atoms with Crippen LogP contribution in [0.4, 0.5) is 0 Å². The van der Waals surface area contributed by atoms with E-state index in [1.807, 2.05) is 0 Å². The summed E-state index contributed by atoms with van der Waals surface area (Å²) in [5, 5.41) is 94.8. The van der Waals surface area contributed by atoms with Crippen LogP contribution in [-0.4, -0.2) is 190 Å². The van der Waals surface area contributed by atoms with Crippen LogP contribution in [0.15, 0.2) is 72.8 Å². The third kappa shape index (κ3) is 52.4. The van der Waals surface area contributed by atoms with E-state index in [0.29, 0.717) is 96.7 Å². The van der Waals surface area contributed by atoms with Gasteiger partial charge >= 0.3 is 66.7 Å². The molecule has 12 aliphatic rings. The average Bonchev–Trinajstić information content (AvgIpc) is 1.65. The maximum Gasteiger partial charge on any atom is 0.0545 e. The van der Waals surface area contributed by atoms with Gasteiger partial charge in [0, 0.05) is 236 Å². The predicted molar refractivity (Wildman–Crippen MR) is 539 cm³/mol. The van der Waals surface area contributed by atoms with Gasteiger partial charge in [0.25, 0.3) is 0 Å². The summed E-state index contributed by atoms with van der Waals surface area (Å²) in [6, 6.07) is 35.2. The summed E-state index contributed by atoms with van der Waals surface area (Å²) in [5.41, 5.74) is 9.35. The van der Waals surface area contributed by atoms with Crippen molar-refractivity contribution in [3.05, 3.63) is 129 Å². The number of aromatic nitrogens is 4. The summed E-state index contributed by atoms with van der Waals surface area (Å²) in [6.45, 7) is 15.5. The third-order valence-electron chi connectivity index (χ3n) is 25.7. The second kappa shape index (κ2) is 83.0. The Kier molecular flexibility index (Phi) is 83.1. The first-order valence-corrected chi connectivity index (χ1v) is 53.5. The molecule has 4 aliphatic heterocycles. The van der Waals surface area contributed by atoms with Gasteiger partial charge < -0.3 is 132 Å². The van der Waals surface area contributed by atoms with E-state index < -0.39 is 0 Å². The molecule has 744 valence electrons. The summed E-state index contributed by atoms with van der Waals surface area (Å²) in [5.74, 6) is 0. The molecule has 16 atom stereocenters. The molecule has 16 rings (SSSR count). The van der Waals surface area contributed by atoms with Gasteiger partial charge in [-0.1, -0.05) is 192 Å². The zero-order valence-corrected chi connectivity index (χ0v) is 84.4. The largest absolute Gasteiger partial charge is 0.753 e. The van der Waals surface area contributed by atoms with E-state index in [-0.39, 0.29) is 101 Å². The van der Waals surface area contributed by atoms with Gasteiger partial charge in [0.2, 0.25) is 0 Å². The van der Waals surface area contributed by atoms with Crippen LogP contribution in [0.25, 0.3) is 10.8 Å². The fourth-order valence-electron chi connectivity index (χ4n) is 19.8. The van der Waals surface area contributed by atoms with Crippen LogP contribution in [0.3, 0.4) is 0 Å². The van der Waals surface area contributed by atoms with Gasteiger partial charge in [0.05, 0.1) is 45.6 Å². The number of rotatable bonds is 0. The van der Waals surface area contributed by atoms with Crippen LogP contribution in [0.1, 0.15) is 281 Å². The van der Waals surface area contributed by atoms with E-state index in [2.05, 4.69) is 208 Å². The van der Waals surface area contributed by atoms with Crippen molar-refractivity contribution in [2.45, 2.75) is 384 Å². The minimum atomic E-state index is 0. The van der Waals surface area contributed by atoms with Crippen LogP contribution in [0.2, 0.25) is 0 Å². The molecule has 8 fully saturated rings. The number of fused-ring (bicyclic) bond motifs is 16. The Balaban J connectivity index is 0. The number of hydrogen-bond donors (Lipinski definition) is 16. The molecule has 4 aromatic heterocycles. The Hall–Kier alpha value is -1.86. The number of pyridine rings is 4. The Morgan fingerprint density at radius 3 is 0.438 bits per heavy atom. The van der Waals surface area contributed by atoms with E-state index in [1.165, 1.54) is 272 Å². The molecule has 20 N–H and O–H groups in total. The monoisotopic (exact) mass is 2120 g/mol. The van der Waals surface area contributed by atoms with Gasteiger partial charge in [-0.2, -0.15) is 10.3 Å². The first-order chi connectivity index (χ1) is 60.0. The van der Waals surface area contributed by atoms with E-state index in [9.17, 15) is 0 Å². The van der Waals surface area contributed by atoms with Crippen molar-refractivity contribution in [1.29, 1.82) is 10.5 Å². The summed E-state index contributed by atoms with van der Waals surface area (Å²) < 4.78 is 0. The molecule has 4 aromatic rings. The first kappa shape index (κ1) is 130. The van der Waals surface area contributed by atoms with E-state index >= 15 is 0 Å². The normalized spacial score (nSPS) is 27.7. The molecule has 0 aromatic carbocycles. The predicted octanol–water partition coefficient (Wildman–Crippen LogP) is 13.3. The van der Waals surface area contributed by atoms with E-state index in [0.717, 1.165) is 105 Å². The molecule has 26 nitrogen and oxygen atoms in total. The summed E-state index contributed by atoms with van der Waals surface area (Å²) >= 11 is 14.8. The van der Waals surface area contributed by atoms with Gasteiger partial charge in [-0.3, -0.25) is 19.9 Å². The number of nitriles is 2. The molecule has 0 unspecified atom stereocenters. The summed E-state index contributed by atoms with van der Waals surface area (Å²) in [7, 11) is 19.2. The second-order valence-corrected chi connectivity index (χ2v) is 38.2. The number of thiocyanates is 2. The summed E-state index contributed by atoms with van der Waals surface area (Å²) in [6.07, 6.45) is 42.1. The number of nitrogens with zero attached hydrogens (tertiary/aromatic N) is 8. The smallest absolute Gasteiger partial charge is 0.0545 e. The molecule has 2 radical (unpaired) electrons. The maximum atomic E-state index is 7.13. The molecule has 130 heavy (non-hydrogen) atoms. The third-order valence-corrected chi connectivity index (χ3v) is 25.7. The molecule has 8 bridgehead atoms. The zero-order chi connectivity index (χ0) is 86.7. The Morgan fingerprint density at radius 2 is 0.346 bits per heavy atom. The first-order valence-electron chi connectivity index (χ1n) is 45.3. The molecular formula is C92H160Cl4Mn4N24O2S4-4. The molecule has 0 saturated heterocycles. The second-order valence-electron chi connectivity index (χ2n) is 33.6. The minimum Gasteiger partial charge on any atom is -0.753 e. The van der Waals surface area contributed by atoms with E-state index in [4.69, 9.17) is 81.7 Å². The summed E-state index contributed by atoms with van der Waals surface area (Å²) in [4.78, 5) is 19.6. The molecule has 8 saturated carbocycles. The van der Waals surface area contributed by atoms with Crippen LogP contribution >= 0.6 is 64.8 Å². The molecule has 8 aliphatic carbocycles. The van der Waals surface area contributed by atoms with Crippen molar-refractivity contribution in [2.24, 2.45) is 0 Å². The minimum absolute atomic E-state index is 0. The number of nitrogens with one attached hydrogen (secondary N) is 16. The van der Waals surface area contributed by atoms with Gasteiger partial charge in [-0.25, -0.2) is 10.5 Å². The van der Waals surface area contributed by atoms with Gasteiger partial charge in [0.1, 0.15) is 0 Å². The van der Waals surface area contributed by atoms with E-state index in [1.54, 1.807) is 0 Å². The van der Waals surface area contributed by atoms with Crippen LogP contribution in [0, 0.1) is 21.3 Å². The van der Waals surface area contributed by atoms with Crippen molar-refractivity contribution < 1.29 is 71.4 Å². The Bertz CT molecular complexity index is 2980. The SMILES string of the molecule is C.C.C.C.N#C[S-].N#C[S-].O.O.[Cl][Mn][Cl].[Cl][Mn][Cl].[Mn].[Mn].[N-]=C=S.[N-]=C=S.c1cc2nc(c1)CN[C@@H]1CCCC[C@H]1NCCN[C@@H]1CCCC[C@H]1NC2.c1cc2nc(c1)CN[C@@H]1CCCC[C@H]1NCCN[C@@H]1CCCC[C@H]1NC2.c1cc2nc(c1)CN[C@H]1CCCC[C@@H]1NCCN[C@H]1CCCC[C@@H]1NC2.c1cc2nc(c1)CN[C@H]1CCCC[C@@H]1NCCN[C@H]1CCCC[C@@H]1NC2.